The van der Waals surface area contributed by atoms with Gasteiger partial charge in [0.05, 0.1) is 11.4 Å². The molecule has 0 radical (unpaired) electrons. The van der Waals surface area contributed by atoms with Gasteiger partial charge in [0.25, 0.3) is 0 Å². The van der Waals surface area contributed by atoms with Gasteiger partial charge in [-0.3, -0.25) is 0 Å². The summed E-state index contributed by atoms with van der Waals surface area (Å²) in [5, 5.41) is 10.1. The number of carbonyl (C=O) groups is 1. The SMILES string of the molecule is O=C(NCCc1ccn(-c2ccccc2)n1)Nc1cccc(Br)c1. The Kier molecular flexibility index (Phi) is 5.28. The van der Waals surface area contributed by atoms with Gasteiger partial charge in [-0.1, -0.05) is 40.2 Å². The molecule has 0 fully saturated rings. The third-order valence-electron chi connectivity index (χ3n) is 3.41. The third-order valence-corrected chi connectivity index (χ3v) is 3.91. The van der Waals surface area contributed by atoms with Crippen molar-refractivity contribution in [2.24, 2.45) is 0 Å². The second kappa shape index (κ2) is 7.79. The van der Waals surface area contributed by atoms with Crippen LogP contribution in [0.25, 0.3) is 5.69 Å². The quantitative estimate of drug-likeness (QED) is 0.698. The van der Waals surface area contributed by atoms with Crippen molar-refractivity contribution in [3.63, 3.8) is 0 Å². The van der Waals surface area contributed by atoms with Crippen molar-refractivity contribution in [1.82, 2.24) is 15.1 Å². The van der Waals surface area contributed by atoms with Crippen LogP contribution in [-0.4, -0.2) is 22.4 Å². The van der Waals surface area contributed by atoms with E-state index in [4.69, 9.17) is 0 Å². The van der Waals surface area contributed by atoms with E-state index in [1.165, 1.54) is 0 Å². The maximum absolute atomic E-state index is 11.9. The molecule has 1 aromatic heterocycles. The number of benzene rings is 2. The Morgan fingerprint density at radius 2 is 1.92 bits per heavy atom. The second-order valence-electron chi connectivity index (χ2n) is 5.23. The fourth-order valence-corrected chi connectivity index (χ4v) is 2.66. The van der Waals surface area contributed by atoms with Crippen LogP contribution in [0, 0.1) is 0 Å². The van der Waals surface area contributed by atoms with E-state index >= 15 is 0 Å². The summed E-state index contributed by atoms with van der Waals surface area (Å²) in [6, 6.07) is 19.1. The van der Waals surface area contributed by atoms with Crippen LogP contribution >= 0.6 is 15.9 Å². The van der Waals surface area contributed by atoms with Crippen LogP contribution < -0.4 is 10.6 Å². The normalized spacial score (nSPS) is 10.4. The molecule has 0 unspecified atom stereocenters. The molecule has 0 spiro atoms. The van der Waals surface area contributed by atoms with Crippen LogP contribution in [0.4, 0.5) is 10.5 Å². The summed E-state index contributed by atoms with van der Waals surface area (Å²) in [7, 11) is 0. The maximum atomic E-state index is 11.9. The lowest BCUT2D eigenvalue weighted by Crippen LogP contribution is -2.30. The van der Waals surface area contributed by atoms with Gasteiger partial charge in [0.1, 0.15) is 0 Å². The lowest BCUT2D eigenvalue weighted by molar-refractivity contribution is 0.252. The fourth-order valence-electron chi connectivity index (χ4n) is 2.27. The molecule has 0 bridgehead atoms. The topological polar surface area (TPSA) is 59.0 Å². The highest BCUT2D eigenvalue weighted by atomic mass is 79.9. The van der Waals surface area contributed by atoms with Gasteiger partial charge in [-0.05, 0) is 36.4 Å². The van der Waals surface area contributed by atoms with Gasteiger partial charge in [0.2, 0.25) is 0 Å². The molecule has 2 N–H and O–H groups in total. The van der Waals surface area contributed by atoms with Crippen molar-refractivity contribution < 1.29 is 4.79 Å². The Balaban J connectivity index is 1.48. The molecule has 2 amide bonds. The standard InChI is InChI=1S/C18H17BrN4O/c19-14-5-4-6-16(13-14)21-18(24)20-11-9-15-10-12-23(22-15)17-7-2-1-3-8-17/h1-8,10,12-13H,9,11H2,(H2,20,21,24). The number of nitrogens with zero attached hydrogens (tertiary/aromatic N) is 2. The number of anilines is 1. The number of carbonyl (C=O) groups excluding carboxylic acids is 1. The molecule has 0 saturated carbocycles. The largest absolute Gasteiger partial charge is 0.337 e. The highest BCUT2D eigenvalue weighted by Gasteiger charge is 2.04. The van der Waals surface area contributed by atoms with E-state index in [2.05, 4.69) is 31.7 Å². The molecule has 0 aliphatic rings. The lowest BCUT2D eigenvalue weighted by Gasteiger charge is -2.07. The summed E-state index contributed by atoms with van der Waals surface area (Å²) in [5.74, 6) is 0. The second-order valence-corrected chi connectivity index (χ2v) is 6.14. The van der Waals surface area contributed by atoms with E-state index in [-0.39, 0.29) is 6.03 Å². The molecule has 0 saturated heterocycles. The van der Waals surface area contributed by atoms with Crippen LogP contribution in [0.1, 0.15) is 5.69 Å². The molecule has 6 heteroatoms. The molecule has 0 atom stereocenters. The van der Waals surface area contributed by atoms with E-state index in [0.717, 1.165) is 21.5 Å². The number of hydrogen-bond donors (Lipinski definition) is 2. The Morgan fingerprint density at radius 1 is 1.08 bits per heavy atom. The molecule has 122 valence electrons. The smallest absolute Gasteiger partial charge is 0.319 e. The number of hydrogen-bond acceptors (Lipinski definition) is 2. The molecule has 2 aromatic carbocycles. The third kappa shape index (κ3) is 4.45. The molecule has 0 aliphatic heterocycles. The number of amides is 2. The van der Waals surface area contributed by atoms with Gasteiger partial charge in [-0.25, -0.2) is 9.48 Å². The molecule has 5 nitrogen and oxygen atoms in total. The summed E-state index contributed by atoms with van der Waals surface area (Å²) in [5.41, 5.74) is 2.70. The first-order valence-corrected chi connectivity index (χ1v) is 8.40. The van der Waals surface area contributed by atoms with Crippen LogP contribution in [-0.2, 0) is 6.42 Å². The van der Waals surface area contributed by atoms with Crippen molar-refractivity contribution in [2.75, 3.05) is 11.9 Å². The fraction of sp³-hybridized carbons (Fsp3) is 0.111. The molecule has 24 heavy (non-hydrogen) atoms. The van der Waals surface area contributed by atoms with Crippen molar-refractivity contribution >= 4 is 27.6 Å². The van der Waals surface area contributed by atoms with E-state index in [9.17, 15) is 4.79 Å². The predicted molar refractivity (Wildman–Crippen MR) is 98.4 cm³/mol. The van der Waals surface area contributed by atoms with Crippen LogP contribution in [0.3, 0.4) is 0 Å². The van der Waals surface area contributed by atoms with Gasteiger partial charge in [-0.15, -0.1) is 0 Å². The van der Waals surface area contributed by atoms with E-state index in [1.54, 1.807) is 0 Å². The number of nitrogens with one attached hydrogen (secondary N) is 2. The summed E-state index contributed by atoms with van der Waals surface area (Å²) < 4.78 is 2.75. The Labute approximate surface area is 148 Å². The molecule has 0 aliphatic carbocycles. The minimum Gasteiger partial charge on any atom is -0.337 e. The van der Waals surface area contributed by atoms with E-state index in [1.807, 2.05) is 71.5 Å². The maximum Gasteiger partial charge on any atom is 0.319 e. The van der Waals surface area contributed by atoms with Gasteiger partial charge in [-0.2, -0.15) is 5.10 Å². The molecular weight excluding hydrogens is 368 g/mol. The summed E-state index contributed by atoms with van der Waals surface area (Å²) in [6.45, 7) is 0.519. The van der Waals surface area contributed by atoms with Gasteiger partial charge in [0.15, 0.2) is 0 Å². The zero-order valence-corrected chi connectivity index (χ0v) is 14.5. The number of para-hydroxylation sites is 1. The van der Waals surface area contributed by atoms with E-state index < -0.39 is 0 Å². The highest BCUT2D eigenvalue weighted by Crippen LogP contribution is 2.15. The minimum atomic E-state index is -0.226. The predicted octanol–water partition coefficient (Wildman–Crippen LogP) is 4.00. The lowest BCUT2D eigenvalue weighted by atomic mass is 10.3. The number of halogens is 1. The number of aromatic nitrogens is 2. The summed E-state index contributed by atoms with van der Waals surface area (Å²) in [6.07, 6.45) is 2.60. The highest BCUT2D eigenvalue weighted by molar-refractivity contribution is 9.10. The first-order valence-electron chi connectivity index (χ1n) is 7.61. The summed E-state index contributed by atoms with van der Waals surface area (Å²) >= 11 is 3.37. The average Bonchev–Trinajstić information content (AvgIpc) is 3.04. The first-order chi connectivity index (χ1) is 11.7. The average molecular weight is 385 g/mol. The van der Waals surface area contributed by atoms with Gasteiger partial charge >= 0.3 is 6.03 Å². The van der Waals surface area contributed by atoms with Crippen LogP contribution in [0.5, 0.6) is 0 Å². The minimum absolute atomic E-state index is 0.226. The summed E-state index contributed by atoms with van der Waals surface area (Å²) in [4.78, 5) is 11.9. The molecular formula is C18H17BrN4O. The van der Waals surface area contributed by atoms with Crippen LogP contribution in [0.2, 0.25) is 0 Å². The number of urea groups is 1. The molecule has 3 rings (SSSR count). The van der Waals surface area contributed by atoms with Crippen molar-refractivity contribution in [3.05, 3.63) is 77.0 Å². The monoisotopic (exact) mass is 384 g/mol. The Morgan fingerprint density at radius 3 is 2.71 bits per heavy atom. The van der Waals surface area contributed by atoms with Gasteiger partial charge in [0, 0.05) is 29.3 Å². The van der Waals surface area contributed by atoms with Crippen molar-refractivity contribution in [2.45, 2.75) is 6.42 Å². The molecule has 3 aromatic rings. The van der Waals surface area contributed by atoms with Gasteiger partial charge < -0.3 is 10.6 Å². The number of rotatable bonds is 5. The van der Waals surface area contributed by atoms with Crippen molar-refractivity contribution in [1.29, 1.82) is 0 Å². The van der Waals surface area contributed by atoms with Crippen molar-refractivity contribution in [3.8, 4) is 5.69 Å². The molecule has 1 heterocycles. The van der Waals surface area contributed by atoms with Crippen LogP contribution in [0.15, 0.2) is 71.3 Å². The first kappa shape index (κ1) is 16.3. The Bertz CT molecular complexity index is 817. The Hall–Kier alpha value is -2.60. The zero-order valence-electron chi connectivity index (χ0n) is 12.9. The van der Waals surface area contributed by atoms with E-state index in [0.29, 0.717) is 13.0 Å². The zero-order chi connectivity index (χ0) is 16.8.